The van der Waals surface area contributed by atoms with Crippen LogP contribution in [-0.2, 0) is 17.9 Å². The standard InChI is InChI=1S/C17H27N3OSi/c1-22(2,3)12-11-21-14-20-10-9-19-17(20)16(18)13-15-7-5-4-6-8-15/h4-10,16H,11-14,18H2,1-3H3. The highest BCUT2D eigenvalue weighted by molar-refractivity contribution is 6.76. The lowest BCUT2D eigenvalue weighted by atomic mass is 10.1. The van der Waals surface area contributed by atoms with Gasteiger partial charge in [-0.3, -0.25) is 0 Å². The van der Waals surface area contributed by atoms with Gasteiger partial charge in [0, 0.05) is 27.1 Å². The predicted molar refractivity (Wildman–Crippen MR) is 93.4 cm³/mol. The molecule has 0 radical (unpaired) electrons. The van der Waals surface area contributed by atoms with Crippen molar-refractivity contribution in [2.24, 2.45) is 5.73 Å². The van der Waals surface area contributed by atoms with Crippen LogP contribution in [0.5, 0.6) is 0 Å². The first-order valence-electron chi connectivity index (χ1n) is 7.84. The molecule has 1 heterocycles. The molecule has 0 spiro atoms. The van der Waals surface area contributed by atoms with E-state index in [4.69, 9.17) is 10.5 Å². The number of hydrogen-bond donors (Lipinski definition) is 1. The third-order valence-corrected chi connectivity index (χ3v) is 5.31. The first kappa shape index (κ1) is 16.9. The van der Waals surface area contributed by atoms with Crippen molar-refractivity contribution in [3.63, 3.8) is 0 Å². The highest BCUT2D eigenvalue weighted by Gasteiger charge is 2.15. The van der Waals surface area contributed by atoms with E-state index in [1.165, 1.54) is 11.6 Å². The highest BCUT2D eigenvalue weighted by atomic mass is 28.3. The normalized spacial score (nSPS) is 13.3. The number of imidazole rings is 1. The summed E-state index contributed by atoms with van der Waals surface area (Å²) in [6.45, 7) is 8.40. The second kappa shape index (κ2) is 7.72. The minimum absolute atomic E-state index is 0.113. The van der Waals surface area contributed by atoms with Gasteiger partial charge in [0.05, 0.1) is 6.04 Å². The molecule has 0 aliphatic rings. The van der Waals surface area contributed by atoms with Crippen molar-refractivity contribution < 1.29 is 4.74 Å². The molecule has 0 saturated carbocycles. The third kappa shape index (κ3) is 5.40. The average Bonchev–Trinajstić information content (AvgIpc) is 2.92. The average molecular weight is 318 g/mol. The first-order chi connectivity index (χ1) is 10.5. The minimum Gasteiger partial charge on any atom is -0.361 e. The van der Waals surface area contributed by atoms with Crippen LogP contribution >= 0.6 is 0 Å². The molecule has 0 saturated heterocycles. The number of benzene rings is 1. The fraction of sp³-hybridized carbons (Fsp3) is 0.471. The summed E-state index contributed by atoms with van der Waals surface area (Å²) >= 11 is 0. The monoisotopic (exact) mass is 317 g/mol. The smallest absolute Gasteiger partial charge is 0.127 e. The van der Waals surface area contributed by atoms with E-state index in [1.807, 2.05) is 29.0 Å². The van der Waals surface area contributed by atoms with Gasteiger partial charge in [-0.2, -0.15) is 0 Å². The Hall–Kier alpha value is -1.43. The summed E-state index contributed by atoms with van der Waals surface area (Å²) in [5.41, 5.74) is 7.54. The van der Waals surface area contributed by atoms with Gasteiger partial charge in [-0.05, 0) is 18.0 Å². The molecule has 0 bridgehead atoms. The summed E-state index contributed by atoms with van der Waals surface area (Å²) < 4.78 is 7.81. The van der Waals surface area contributed by atoms with Crippen LogP contribution in [0, 0.1) is 0 Å². The molecule has 2 aromatic rings. The van der Waals surface area contributed by atoms with Gasteiger partial charge in [-0.1, -0.05) is 50.0 Å². The highest BCUT2D eigenvalue weighted by Crippen LogP contribution is 2.15. The van der Waals surface area contributed by atoms with Gasteiger partial charge in [0.25, 0.3) is 0 Å². The largest absolute Gasteiger partial charge is 0.361 e. The minimum atomic E-state index is -1.04. The lowest BCUT2D eigenvalue weighted by Crippen LogP contribution is -2.23. The van der Waals surface area contributed by atoms with Crippen molar-refractivity contribution in [2.45, 2.75) is 44.9 Å². The van der Waals surface area contributed by atoms with E-state index in [0.29, 0.717) is 6.73 Å². The number of nitrogens with zero attached hydrogens (tertiary/aromatic N) is 2. The lowest BCUT2D eigenvalue weighted by molar-refractivity contribution is 0.0843. The van der Waals surface area contributed by atoms with Crippen molar-refractivity contribution in [1.29, 1.82) is 0 Å². The fourth-order valence-corrected chi connectivity index (χ4v) is 3.02. The molecule has 120 valence electrons. The van der Waals surface area contributed by atoms with Gasteiger partial charge in [0.15, 0.2) is 0 Å². The lowest BCUT2D eigenvalue weighted by Gasteiger charge is -2.17. The van der Waals surface area contributed by atoms with Crippen LogP contribution in [0.25, 0.3) is 0 Å². The van der Waals surface area contributed by atoms with Gasteiger partial charge in [0.2, 0.25) is 0 Å². The van der Waals surface area contributed by atoms with Crippen LogP contribution in [0.3, 0.4) is 0 Å². The Kier molecular flexibility index (Phi) is 5.94. The van der Waals surface area contributed by atoms with E-state index in [1.54, 1.807) is 6.20 Å². The molecule has 0 aliphatic carbocycles. The summed E-state index contributed by atoms with van der Waals surface area (Å²) in [5.74, 6) is 0.886. The summed E-state index contributed by atoms with van der Waals surface area (Å²) in [4.78, 5) is 4.41. The molecule has 1 aromatic carbocycles. The van der Waals surface area contributed by atoms with Gasteiger partial charge >= 0.3 is 0 Å². The Morgan fingerprint density at radius 3 is 2.64 bits per heavy atom. The van der Waals surface area contributed by atoms with Gasteiger partial charge in [0.1, 0.15) is 12.6 Å². The molecule has 1 unspecified atom stereocenters. The first-order valence-corrected chi connectivity index (χ1v) is 11.5. The number of aromatic nitrogens is 2. The summed E-state index contributed by atoms with van der Waals surface area (Å²) in [7, 11) is -1.04. The van der Waals surface area contributed by atoms with Crippen molar-refractivity contribution in [3.05, 3.63) is 54.1 Å². The second-order valence-corrected chi connectivity index (χ2v) is 12.5. The number of rotatable bonds is 8. The summed E-state index contributed by atoms with van der Waals surface area (Å²) in [5, 5.41) is 0. The molecule has 2 N–H and O–H groups in total. The summed E-state index contributed by atoms with van der Waals surface area (Å²) in [6.07, 6.45) is 4.52. The molecule has 0 aliphatic heterocycles. The van der Waals surface area contributed by atoms with Crippen molar-refractivity contribution in [2.75, 3.05) is 6.61 Å². The number of ether oxygens (including phenoxy) is 1. The van der Waals surface area contributed by atoms with Crippen LogP contribution in [0.4, 0.5) is 0 Å². The van der Waals surface area contributed by atoms with Crippen LogP contribution in [0.15, 0.2) is 42.7 Å². The number of nitrogens with two attached hydrogens (primary N) is 1. The number of hydrogen-bond acceptors (Lipinski definition) is 3. The molecule has 1 atom stereocenters. The summed E-state index contributed by atoms with van der Waals surface area (Å²) in [6, 6.07) is 11.3. The molecular weight excluding hydrogens is 290 g/mol. The molecule has 0 fully saturated rings. The second-order valence-electron chi connectivity index (χ2n) is 6.90. The Bertz CT molecular complexity index is 563. The molecular formula is C17H27N3OSi. The topological polar surface area (TPSA) is 53.1 Å². The molecule has 0 amide bonds. The molecule has 4 nitrogen and oxygen atoms in total. The van der Waals surface area contributed by atoms with Crippen molar-refractivity contribution in [3.8, 4) is 0 Å². The predicted octanol–water partition coefficient (Wildman–Crippen LogP) is 3.44. The van der Waals surface area contributed by atoms with E-state index >= 15 is 0 Å². The Balaban J connectivity index is 1.88. The fourth-order valence-electron chi connectivity index (χ4n) is 2.26. The Morgan fingerprint density at radius 1 is 1.23 bits per heavy atom. The Labute approximate surface area is 134 Å². The molecule has 2 rings (SSSR count). The van der Waals surface area contributed by atoms with E-state index in [0.717, 1.165) is 18.9 Å². The van der Waals surface area contributed by atoms with Crippen LogP contribution in [0.2, 0.25) is 25.7 Å². The van der Waals surface area contributed by atoms with Gasteiger partial charge in [-0.25, -0.2) is 4.98 Å². The van der Waals surface area contributed by atoms with Gasteiger partial charge < -0.3 is 15.0 Å². The van der Waals surface area contributed by atoms with Gasteiger partial charge in [-0.15, -0.1) is 0 Å². The van der Waals surface area contributed by atoms with Crippen molar-refractivity contribution >= 4 is 8.07 Å². The van der Waals surface area contributed by atoms with E-state index in [2.05, 4.69) is 36.8 Å². The van der Waals surface area contributed by atoms with Crippen LogP contribution in [-0.4, -0.2) is 24.2 Å². The zero-order valence-corrected chi connectivity index (χ0v) is 14.8. The maximum atomic E-state index is 6.31. The van der Waals surface area contributed by atoms with Crippen LogP contribution in [0.1, 0.15) is 17.4 Å². The van der Waals surface area contributed by atoms with E-state index in [-0.39, 0.29) is 6.04 Å². The maximum absolute atomic E-state index is 6.31. The third-order valence-electron chi connectivity index (χ3n) is 3.60. The molecule has 5 heteroatoms. The Morgan fingerprint density at radius 2 is 1.95 bits per heavy atom. The van der Waals surface area contributed by atoms with E-state index < -0.39 is 8.07 Å². The SMILES string of the molecule is C[Si](C)(C)CCOCn1ccnc1C(N)Cc1ccccc1. The van der Waals surface area contributed by atoms with Crippen LogP contribution < -0.4 is 5.73 Å². The maximum Gasteiger partial charge on any atom is 0.127 e. The van der Waals surface area contributed by atoms with E-state index in [9.17, 15) is 0 Å². The molecule has 22 heavy (non-hydrogen) atoms. The zero-order valence-electron chi connectivity index (χ0n) is 13.8. The zero-order chi connectivity index (χ0) is 16.0. The van der Waals surface area contributed by atoms with Crippen molar-refractivity contribution in [1.82, 2.24) is 9.55 Å². The molecule has 1 aromatic heterocycles. The quantitative estimate of drug-likeness (QED) is 0.599.